The Morgan fingerprint density at radius 1 is 0.950 bits per heavy atom. The number of benzene rings is 2. The summed E-state index contributed by atoms with van der Waals surface area (Å²) in [6, 6.07) is 19.7. The van der Waals surface area contributed by atoms with Crippen LogP contribution in [0.4, 0.5) is 5.69 Å². The topological polar surface area (TPSA) is 21.3 Å². The van der Waals surface area contributed by atoms with Gasteiger partial charge < -0.3 is 10.1 Å². The van der Waals surface area contributed by atoms with Crippen LogP contribution in [-0.2, 0) is 4.74 Å². The summed E-state index contributed by atoms with van der Waals surface area (Å²) in [6.07, 6.45) is 2.54. The van der Waals surface area contributed by atoms with Gasteiger partial charge in [0.05, 0.1) is 6.10 Å². The molecule has 2 atom stereocenters. The van der Waals surface area contributed by atoms with Gasteiger partial charge in [-0.25, -0.2) is 0 Å². The first-order valence-electron chi connectivity index (χ1n) is 7.35. The van der Waals surface area contributed by atoms with Crippen LogP contribution in [-0.4, -0.2) is 18.8 Å². The third kappa shape index (κ3) is 3.20. The van der Waals surface area contributed by atoms with Crippen molar-refractivity contribution in [3.05, 3.63) is 54.6 Å². The molecule has 2 nitrogen and oxygen atoms in total. The van der Waals surface area contributed by atoms with E-state index in [4.69, 9.17) is 4.74 Å². The zero-order chi connectivity index (χ0) is 13.8. The minimum Gasteiger partial charge on any atom is -0.382 e. The maximum Gasteiger partial charge on any atom is 0.0566 e. The summed E-state index contributed by atoms with van der Waals surface area (Å²) in [5.74, 6) is 0. The van der Waals surface area contributed by atoms with Crippen molar-refractivity contribution in [2.75, 3.05) is 11.9 Å². The molecule has 2 aromatic carbocycles. The fourth-order valence-corrected chi connectivity index (χ4v) is 2.75. The molecule has 2 aromatic rings. The lowest BCUT2D eigenvalue weighted by atomic mass is 10.0. The molecule has 1 saturated heterocycles. The van der Waals surface area contributed by atoms with Crippen LogP contribution in [0, 0.1) is 0 Å². The van der Waals surface area contributed by atoms with Crippen LogP contribution < -0.4 is 5.32 Å². The van der Waals surface area contributed by atoms with Gasteiger partial charge in [-0.2, -0.15) is 0 Å². The van der Waals surface area contributed by atoms with E-state index < -0.39 is 0 Å². The van der Waals surface area contributed by atoms with E-state index in [-0.39, 0.29) is 0 Å². The van der Waals surface area contributed by atoms with Crippen LogP contribution in [0.5, 0.6) is 0 Å². The zero-order valence-corrected chi connectivity index (χ0v) is 11.9. The molecule has 0 aliphatic carbocycles. The Hall–Kier alpha value is -1.80. The van der Waals surface area contributed by atoms with Crippen molar-refractivity contribution >= 4 is 5.69 Å². The highest BCUT2D eigenvalue weighted by atomic mass is 16.5. The van der Waals surface area contributed by atoms with Crippen LogP contribution in [0.25, 0.3) is 11.1 Å². The maximum atomic E-state index is 5.58. The fraction of sp³-hybridized carbons (Fsp3) is 0.333. The third-order valence-corrected chi connectivity index (χ3v) is 3.85. The molecule has 0 spiro atoms. The summed E-state index contributed by atoms with van der Waals surface area (Å²) in [5, 5.41) is 3.61. The second-order valence-corrected chi connectivity index (χ2v) is 5.49. The molecule has 3 rings (SSSR count). The molecule has 1 aliphatic rings. The Balaban J connectivity index is 1.67. The number of nitrogens with one attached hydrogen (secondary N) is 1. The summed E-state index contributed by atoms with van der Waals surface area (Å²) in [5.41, 5.74) is 3.72. The fourth-order valence-electron chi connectivity index (χ4n) is 2.75. The van der Waals surface area contributed by atoms with Crippen molar-refractivity contribution < 1.29 is 4.74 Å². The van der Waals surface area contributed by atoms with E-state index in [0.717, 1.165) is 19.4 Å². The molecule has 0 amide bonds. The third-order valence-electron chi connectivity index (χ3n) is 3.85. The van der Waals surface area contributed by atoms with Crippen molar-refractivity contribution in [2.24, 2.45) is 0 Å². The Morgan fingerprint density at radius 3 is 2.35 bits per heavy atom. The van der Waals surface area contributed by atoms with Gasteiger partial charge in [0.15, 0.2) is 0 Å². The first-order valence-corrected chi connectivity index (χ1v) is 7.35. The molecule has 2 unspecified atom stereocenters. The molecule has 0 saturated carbocycles. The van der Waals surface area contributed by atoms with Crippen molar-refractivity contribution in [3.63, 3.8) is 0 Å². The summed E-state index contributed by atoms with van der Waals surface area (Å²) in [7, 11) is 0. The van der Waals surface area contributed by atoms with E-state index in [1.165, 1.54) is 16.8 Å². The number of hydrogen-bond donors (Lipinski definition) is 1. The average molecular weight is 267 g/mol. The van der Waals surface area contributed by atoms with Crippen molar-refractivity contribution in [1.29, 1.82) is 0 Å². The number of anilines is 1. The predicted octanol–water partition coefficient (Wildman–Crippen LogP) is 4.33. The predicted molar refractivity (Wildman–Crippen MR) is 83.9 cm³/mol. The summed E-state index contributed by atoms with van der Waals surface area (Å²) >= 11 is 0. The van der Waals surface area contributed by atoms with Gasteiger partial charge in [-0.3, -0.25) is 0 Å². The smallest absolute Gasteiger partial charge is 0.0566 e. The molecule has 1 N–H and O–H groups in total. The minimum atomic E-state index is 0.366. The summed E-state index contributed by atoms with van der Waals surface area (Å²) < 4.78 is 5.58. The number of rotatable bonds is 3. The Kier molecular flexibility index (Phi) is 4.03. The Morgan fingerprint density at radius 2 is 1.65 bits per heavy atom. The quantitative estimate of drug-likeness (QED) is 0.893. The molecular formula is C18H21NO. The normalized spacial score (nSPS) is 22.4. The second-order valence-electron chi connectivity index (χ2n) is 5.49. The van der Waals surface area contributed by atoms with Gasteiger partial charge in [0.2, 0.25) is 0 Å². The van der Waals surface area contributed by atoms with Crippen molar-refractivity contribution in [3.8, 4) is 11.1 Å². The van der Waals surface area contributed by atoms with E-state index in [1.54, 1.807) is 0 Å². The summed E-state index contributed by atoms with van der Waals surface area (Å²) in [4.78, 5) is 0. The molecule has 20 heavy (non-hydrogen) atoms. The van der Waals surface area contributed by atoms with Gasteiger partial charge in [-0.15, -0.1) is 0 Å². The highest BCUT2D eigenvalue weighted by Gasteiger charge is 2.18. The van der Waals surface area contributed by atoms with Gasteiger partial charge >= 0.3 is 0 Å². The molecule has 2 heteroatoms. The highest BCUT2D eigenvalue weighted by Crippen LogP contribution is 2.23. The van der Waals surface area contributed by atoms with E-state index in [0.29, 0.717) is 12.1 Å². The van der Waals surface area contributed by atoms with Gasteiger partial charge in [0, 0.05) is 18.3 Å². The second kappa shape index (κ2) is 6.10. The van der Waals surface area contributed by atoms with Crippen molar-refractivity contribution in [2.45, 2.75) is 31.9 Å². The van der Waals surface area contributed by atoms with Crippen molar-refractivity contribution in [1.82, 2.24) is 0 Å². The zero-order valence-electron chi connectivity index (χ0n) is 11.9. The molecule has 0 bridgehead atoms. The van der Waals surface area contributed by atoms with E-state index in [2.05, 4.69) is 60.8 Å². The van der Waals surface area contributed by atoms with Gasteiger partial charge in [-0.1, -0.05) is 42.5 Å². The van der Waals surface area contributed by atoms with Gasteiger partial charge in [0.25, 0.3) is 0 Å². The van der Waals surface area contributed by atoms with Crippen LogP contribution in [0.1, 0.15) is 19.8 Å². The van der Waals surface area contributed by atoms with Crippen LogP contribution in [0.15, 0.2) is 54.6 Å². The minimum absolute atomic E-state index is 0.366. The Bertz CT molecular complexity index is 535. The van der Waals surface area contributed by atoms with Crippen LogP contribution in [0.2, 0.25) is 0 Å². The van der Waals surface area contributed by atoms with Gasteiger partial charge in [-0.05, 0) is 43.0 Å². The average Bonchev–Trinajstić information content (AvgIpc) is 2.49. The van der Waals surface area contributed by atoms with Gasteiger partial charge in [0.1, 0.15) is 0 Å². The summed E-state index contributed by atoms with van der Waals surface area (Å²) in [6.45, 7) is 3.01. The lowest BCUT2D eigenvalue weighted by molar-refractivity contribution is 0.0232. The van der Waals surface area contributed by atoms with Crippen LogP contribution in [0.3, 0.4) is 0 Å². The molecule has 0 radical (unpaired) electrons. The van der Waals surface area contributed by atoms with Crippen LogP contribution >= 0.6 is 0 Å². The first-order chi connectivity index (χ1) is 9.81. The highest BCUT2D eigenvalue weighted by molar-refractivity contribution is 5.65. The lowest BCUT2D eigenvalue weighted by Crippen LogP contribution is -2.32. The Labute approximate surface area is 120 Å². The van der Waals surface area contributed by atoms with E-state index >= 15 is 0 Å². The number of hydrogen-bond acceptors (Lipinski definition) is 2. The standard InChI is InChI=1S/C18H21NO/c1-14-13-18(11-12-20-14)19-17-9-7-16(8-10-17)15-5-3-2-4-6-15/h2-10,14,18-19H,11-13H2,1H3. The largest absolute Gasteiger partial charge is 0.382 e. The SMILES string of the molecule is CC1CC(Nc2ccc(-c3ccccc3)cc2)CCO1. The molecular weight excluding hydrogens is 246 g/mol. The van der Waals surface area contributed by atoms with E-state index in [1.807, 2.05) is 6.07 Å². The number of ether oxygens (including phenoxy) is 1. The molecule has 1 heterocycles. The molecule has 1 aliphatic heterocycles. The maximum absolute atomic E-state index is 5.58. The molecule has 104 valence electrons. The molecule has 0 aromatic heterocycles. The first kappa shape index (κ1) is 13.2. The molecule has 1 fully saturated rings. The monoisotopic (exact) mass is 267 g/mol. The lowest BCUT2D eigenvalue weighted by Gasteiger charge is -2.28. The van der Waals surface area contributed by atoms with E-state index in [9.17, 15) is 0 Å².